The Bertz CT molecular complexity index is 992. The highest BCUT2D eigenvalue weighted by Gasteiger charge is 2.30. The van der Waals surface area contributed by atoms with Gasteiger partial charge in [0, 0.05) is 19.0 Å². The molecular weight excluding hydrogens is 359 g/mol. The molecule has 3 aromatic rings. The lowest BCUT2D eigenvalue weighted by molar-refractivity contribution is -0.137. The van der Waals surface area contributed by atoms with Crippen molar-refractivity contribution in [3.63, 3.8) is 0 Å². The Morgan fingerprint density at radius 3 is 2.59 bits per heavy atom. The summed E-state index contributed by atoms with van der Waals surface area (Å²) in [6.45, 7) is 1.72. The Hall–Kier alpha value is -2.96. The highest BCUT2D eigenvalue weighted by atomic mass is 19.4. The van der Waals surface area contributed by atoms with Crippen LogP contribution in [-0.4, -0.2) is 25.0 Å². The molecule has 0 saturated carbocycles. The van der Waals surface area contributed by atoms with Gasteiger partial charge in [-0.25, -0.2) is 0 Å². The molecule has 142 valence electrons. The second-order valence-electron chi connectivity index (χ2n) is 6.25. The van der Waals surface area contributed by atoms with Crippen molar-refractivity contribution in [1.29, 1.82) is 0 Å². The number of hydrogen-bond donors (Lipinski definition) is 0. The average molecular weight is 377 g/mol. The van der Waals surface area contributed by atoms with Crippen molar-refractivity contribution >= 4 is 16.9 Å². The summed E-state index contributed by atoms with van der Waals surface area (Å²) in [6, 6.07) is 10.1. The van der Waals surface area contributed by atoms with E-state index in [1.54, 1.807) is 38.2 Å². The zero-order chi connectivity index (χ0) is 19.8. The molecule has 7 heteroatoms. The zero-order valence-corrected chi connectivity index (χ0v) is 15.1. The molecule has 0 aliphatic rings. The summed E-state index contributed by atoms with van der Waals surface area (Å²) >= 11 is 0. The van der Waals surface area contributed by atoms with Crippen molar-refractivity contribution < 1.29 is 27.1 Å². The Balaban J connectivity index is 1.90. The van der Waals surface area contributed by atoms with Gasteiger partial charge in [-0.15, -0.1) is 0 Å². The first-order valence-corrected chi connectivity index (χ1v) is 8.19. The first-order chi connectivity index (χ1) is 12.7. The summed E-state index contributed by atoms with van der Waals surface area (Å²) in [5.74, 6) is 0.689. The van der Waals surface area contributed by atoms with Crippen molar-refractivity contribution in [1.82, 2.24) is 4.90 Å². The van der Waals surface area contributed by atoms with Gasteiger partial charge in [-0.1, -0.05) is 12.1 Å². The highest BCUT2D eigenvalue weighted by molar-refractivity contribution is 6.07. The minimum absolute atomic E-state index is 0.0405. The molecule has 0 bridgehead atoms. The number of furan rings is 1. The van der Waals surface area contributed by atoms with Crippen molar-refractivity contribution in [2.24, 2.45) is 0 Å². The van der Waals surface area contributed by atoms with Crippen LogP contribution < -0.4 is 4.74 Å². The van der Waals surface area contributed by atoms with Gasteiger partial charge in [0.05, 0.1) is 18.2 Å². The lowest BCUT2D eigenvalue weighted by atomic mass is 10.1. The van der Waals surface area contributed by atoms with Gasteiger partial charge < -0.3 is 14.1 Å². The summed E-state index contributed by atoms with van der Waals surface area (Å²) in [6.07, 6.45) is -4.42. The molecule has 1 aromatic heterocycles. The third-order valence-electron chi connectivity index (χ3n) is 4.31. The fourth-order valence-corrected chi connectivity index (χ4v) is 2.97. The van der Waals surface area contributed by atoms with Crippen LogP contribution in [0.1, 0.15) is 27.2 Å². The van der Waals surface area contributed by atoms with Crippen LogP contribution in [0.4, 0.5) is 13.2 Å². The number of alkyl halides is 3. The largest absolute Gasteiger partial charge is 0.497 e. The Kier molecular flexibility index (Phi) is 4.87. The van der Waals surface area contributed by atoms with E-state index in [2.05, 4.69) is 0 Å². The smallest absolute Gasteiger partial charge is 0.416 e. The van der Waals surface area contributed by atoms with E-state index in [9.17, 15) is 18.0 Å². The molecule has 0 spiro atoms. The number of carbonyl (C=O) groups excluding carboxylic acids is 1. The molecule has 0 radical (unpaired) electrons. The van der Waals surface area contributed by atoms with E-state index in [-0.39, 0.29) is 12.5 Å². The molecule has 1 amide bonds. The normalized spacial score (nSPS) is 11.6. The molecule has 0 fully saturated rings. The number of aryl methyl sites for hydroxylation is 1. The van der Waals surface area contributed by atoms with Gasteiger partial charge >= 0.3 is 6.18 Å². The standard InChI is InChI=1S/C20H18F3NO3/c1-12-18(16-10-15(26-3)7-8-17(16)27-12)19(25)24(2)11-13-5-4-6-14(9-13)20(21,22)23/h4-10H,11H2,1-3H3. The maximum Gasteiger partial charge on any atom is 0.416 e. The van der Waals surface area contributed by atoms with Crippen LogP contribution in [0.15, 0.2) is 46.9 Å². The number of halogens is 3. The van der Waals surface area contributed by atoms with Crippen LogP contribution in [0.25, 0.3) is 11.0 Å². The highest BCUT2D eigenvalue weighted by Crippen LogP contribution is 2.31. The molecule has 4 nitrogen and oxygen atoms in total. The Morgan fingerprint density at radius 2 is 1.93 bits per heavy atom. The number of nitrogens with zero attached hydrogens (tertiary/aromatic N) is 1. The van der Waals surface area contributed by atoms with Crippen molar-refractivity contribution in [3.05, 3.63) is 64.9 Å². The molecule has 0 saturated heterocycles. The number of amides is 1. The monoisotopic (exact) mass is 377 g/mol. The predicted octanol–water partition coefficient (Wildman–Crippen LogP) is 5.04. The maximum absolute atomic E-state index is 12.9. The van der Waals surface area contributed by atoms with Crippen LogP contribution in [0.5, 0.6) is 5.75 Å². The van der Waals surface area contributed by atoms with Crippen LogP contribution in [0, 0.1) is 6.92 Å². The lowest BCUT2D eigenvalue weighted by Crippen LogP contribution is -2.26. The summed E-state index contributed by atoms with van der Waals surface area (Å²) in [5, 5.41) is 0.604. The van der Waals surface area contributed by atoms with Gasteiger partial charge in [0.25, 0.3) is 5.91 Å². The molecular formula is C20H18F3NO3. The lowest BCUT2D eigenvalue weighted by Gasteiger charge is -2.18. The number of fused-ring (bicyclic) bond motifs is 1. The molecule has 2 aromatic carbocycles. The molecule has 27 heavy (non-hydrogen) atoms. The summed E-state index contributed by atoms with van der Waals surface area (Å²) in [5.41, 5.74) is 0.571. The third kappa shape index (κ3) is 3.77. The quantitative estimate of drug-likeness (QED) is 0.640. The minimum atomic E-state index is -4.42. The van der Waals surface area contributed by atoms with Crippen LogP contribution in [0.2, 0.25) is 0 Å². The molecule has 0 atom stereocenters. The molecule has 0 unspecified atom stereocenters. The van der Waals surface area contributed by atoms with E-state index in [1.807, 2.05) is 0 Å². The Labute approximate surface area is 154 Å². The number of ether oxygens (including phenoxy) is 1. The minimum Gasteiger partial charge on any atom is -0.497 e. The number of rotatable bonds is 4. The van der Waals surface area contributed by atoms with Gasteiger partial charge in [-0.05, 0) is 42.8 Å². The van der Waals surface area contributed by atoms with Gasteiger partial charge in [-0.3, -0.25) is 4.79 Å². The zero-order valence-electron chi connectivity index (χ0n) is 15.1. The maximum atomic E-state index is 12.9. The SMILES string of the molecule is COc1ccc2oc(C)c(C(=O)N(C)Cc3cccc(C(F)(F)F)c3)c2c1. The van der Waals surface area contributed by atoms with E-state index in [1.165, 1.54) is 18.1 Å². The first kappa shape index (κ1) is 18.8. The fourth-order valence-electron chi connectivity index (χ4n) is 2.97. The van der Waals surface area contributed by atoms with Gasteiger partial charge in [0.2, 0.25) is 0 Å². The van der Waals surface area contributed by atoms with E-state index in [0.717, 1.165) is 12.1 Å². The molecule has 1 heterocycles. The Morgan fingerprint density at radius 1 is 1.19 bits per heavy atom. The van der Waals surface area contributed by atoms with Crippen molar-refractivity contribution in [2.75, 3.05) is 14.2 Å². The van der Waals surface area contributed by atoms with Crippen LogP contribution >= 0.6 is 0 Å². The predicted molar refractivity (Wildman–Crippen MR) is 94.7 cm³/mol. The molecule has 0 aliphatic heterocycles. The van der Waals surface area contributed by atoms with E-state index in [4.69, 9.17) is 9.15 Å². The van der Waals surface area contributed by atoms with Crippen molar-refractivity contribution in [2.45, 2.75) is 19.6 Å². The van der Waals surface area contributed by atoms with Gasteiger partial charge in [-0.2, -0.15) is 13.2 Å². The van der Waals surface area contributed by atoms with E-state index in [0.29, 0.717) is 33.6 Å². The molecule has 3 rings (SSSR count). The third-order valence-corrected chi connectivity index (χ3v) is 4.31. The van der Waals surface area contributed by atoms with Crippen LogP contribution in [-0.2, 0) is 12.7 Å². The topological polar surface area (TPSA) is 42.7 Å². The number of methoxy groups -OCH3 is 1. The fraction of sp³-hybridized carbons (Fsp3) is 0.250. The summed E-state index contributed by atoms with van der Waals surface area (Å²) in [7, 11) is 3.07. The molecule has 0 N–H and O–H groups in total. The second kappa shape index (κ2) is 6.98. The van der Waals surface area contributed by atoms with Gasteiger partial charge in [0.1, 0.15) is 17.1 Å². The molecule has 0 aliphatic carbocycles. The second-order valence-corrected chi connectivity index (χ2v) is 6.25. The number of benzene rings is 2. The van der Waals surface area contributed by atoms with Gasteiger partial charge in [0.15, 0.2) is 0 Å². The first-order valence-electron chi connectivity index (χ1n) is 8.19. The number of hydrogen-bond acceptors (Lipinski definition) is 3. The summed E-state index contributed by atoms with van der Waals surface area (Å²) < 4.78 is 49.5. The van der Waals surface area contributed by atoms with E-state index >= 15 is 0 Å². The number of carbonyl (C=O) groups is 1. The van der Waals surface area contributed by atoms with E-state index < -0.39 is 11.7 Å². The van der Waals surface area contributed by atoms with Crippen LogP contribution in [0.3, 0.4) is 0 Å². The average Bonchev–Trinajstić information content (AvgIpc) is 2.95. The summed E-state index contributed by atoms with van der Waals surface area (Å²) in [4.78, 5) is 14.3. The van der Waals surface area contributed by atoms with Crippen molar-refractivity contribution in [3.8, 4) is 5.75 Å².